The van der Waals surface area contributed by atoms with Gasteiger partial charge in [-0.3, -0.25) is 9.59 Å². The molecule has 29 heavy (non-hydrogen) atoms. The molecule has 2 amide bonds. The van der Waals surface area contributed by atoms with Crippen LogP contribution in [-0.2, 0) is 16.1 Å². The van der Waals surface area contributed by atoms with Crippen molar-refractivity contribution in [2.75, 3.05) is 19.6 Å². The lowest BCUT2D eigenvalue weighted by Crippen LogP contribution is -2.61. The minimum absolute atomic E-state index is 0.119. The van der Waals surface area contributed by atoms with E-state index in [-0.39, 0.29) is 5.41 Å². The van der Waals surface area contributed by atoms with Crippen LogP contribution in [0.4, 0.5) is 0 Å². The third-order valence-corrected chi connectivity index (χ3v) is 8.16. The largest absolute Gasteiger partial charge is 0.354 e. The van der Waals surface area contributed by atoms with Crippen molar-refractivity contribution < 1.29 is 9.59 Å². The van der Waals surface area contributed by atoms with Crippen LogP contribution in [-0.4, -0.2) is 51.9 Å². The minimum atomic E-state index is 0.119. The molecule has 5 rings (SSSR count). The summed E-state index contributed by atoms with van der Waals surface area (Å²) in [5.74, 6) is 1.68. The van der Waals surface area contributed by atoms with E-state index in [1.54, 1.807) is 0 Å². The maximum atomic E-state index is 13.5. The van der Waals surface area contributed by atoms with E-state index < -0.39 is 0 Å². The number of fused-ring (bicyclic) bond motifs is 4. The first-order valence-electron chi connectivity index (χ1n) is 11.8. The number of carbonyl (C=O) groups is 2. The van der Waals surface area contributed by atoms with Crippen molar-refractivity contribution in [3.8, 4) is 0 Å². The molecular weight excluding hydrogens is 362 g/mol. The number of hydrogen-bond donors (Lipinski definition) is 0. The number of piperidine rings is 3. The predicted molar refractivity (Wildman–Crippen MR) is 112 cm³/mol. The Morgan fingerprint density at radius 3 is 2.62 bits per heavy atom. The smallest absolute Gasteiger partial charge is 0.223 e. The summed E-state index contributed by atoms with van der Waals surface area (Å²) in [5, 5.41) is 0. The molecule has 1 aromatic rings. The lowest BCUT2D eigenvalue weighted by molar-refractivity contribution is -0.149. The zero-order valence-corrected chi connectivity index (χ0v) is 17.6. The third kappa shape index (κ3) is 3.85. The van der Waals surface area contributed by atoms with Crippen molar-refractivity contribution in [1.29, 1.82) is 0 Å². The van der Waals surface area contributed by atoms with Gasteiger partial charge in [0.15, 0.2) is 0 Å². The molecule has 2 bridgehead atoms. The Labute approximate surface area is 174 Å². The number of amides is 2. The summed E-state index contributed by atoms with van der Waals surface area (Å²) in [4.78, 5) is 30.2. The first kappa shape index (κ1) is 19.2. The Bertz CT molecular complexity index is 737. The van der Waals surface area contributed by atoms with Gasteiger partial charge in [0.1, 0.15) is 0 Å². The molecule has 4 aliphatic rings. The van der Waals surface area contributed by atoms with Crippen molar-refractivity contribution in [2.24, 2.45) is 17.3 Å². The highest BCUT2D eigenvalue weighted by Crippen LogP contribution is 2.43. The van der Waals surface area contributed by atoms with Crippen LogP contribution < -0.4 is 0 Å². The number of likely N-dealkylation sites (tertiary alicyclic amines) is 1. The molecule has 3 aliphatic heterocycles. The fourth-order valence-electron chi connectivity index (χ4n) is 6.80. The molecule has 5 nitrogen and oxygen atoms in total. The van der Waals surface area contributed by atoms with Crippen LogP contribution in [0.15, 0.2) is 24.5 Å². The van der Waals surface area contributed by atoms with Crippen LogP contribution in [0.25, 0.3) is 0 Å². The lowest BCUT2D eigenvalue weighted by atomic mass is 9.71. The summed E-state index contributed by atoms with van der Waals surface area (Å²) in [6, 6.07) is 4.55. The molecule has 0 spiro atoms. The average molecular weight is 398 g/mol. The second-order valence-corrected chi connectivity index (χ2v) is 10.3. The SMILES string of the molecule is O=C(CC1(Cn2cccc2)CCCCC1)N1C[C@@H]2C[C@@H](C1)C1CCCC(=O)N1C2. The Morgan fingerprint density at radius 1 is 1.03 bits per heavy atom. The molecule has 4 heterocycles. The highest BCUT2D eigenvalue weighted by Gasteiger charge is 2.45. The van der Waals surface area contributed by atoms with E-state index in [4.69, 9.17) is 0 Å². The van der Waals surface area contributed by atoms with E-state index in [2.05, 4.69) is 38.9 Å². The highest BCUT2D eigenvalue weighted by molar-refractivity contribution is 5.78. The lowest BCUT2D eigenvalue weighted by Gasteiger charge is -2.52. The number of aromatic nitrogens is 1. The molecule has 0 radical (unpaired) electrons. The second-order valence-electron chi connectivity index (χ2n) is 10.3. The van der Waals surface area contributed by atoms with Gasteiger partial charge in [-0.25, -0.2) is 0 Å². The van der Waals surface area contributed by atoms with Crippen molar-refractivity contribution in [1.82, 2.24) is 14.4 Å². The zero-order valence-electron chi connectivity index (χ0n) is 17.6. The van der Waals surface area contributed by atoms with Crippen molar-refractivity contribution in [2.45, 2.75) is 76.8 Å². The molecule has 1 aliphatic carbocycles. The average Bonchev–Trinajstić information content (AvgIpc) is 3.22. The van der Waals surface area contributed by atoms with Gasteiger partial charge in [0, 0.05) is 57.5 Å². The van der Waals surface area contributed by atoms with Gasteiger partial charge in [0.2, 0.25) is 11.8 Å². The number of nitrogens with zero attached hydrogens (tertiary/aromatic N) is 3. The molecule has 158 valence electrons. The normalized spacial score (nSPS) is 31.4. The Kier molecular flexibility index (Phi) is 5.17. The summed E-state index contributed by atoms with van der Waals surface area (Å²) in [6.45, 7) is 3.56. The summed E-state index contributed by atoms with van der Waals surface area (Å²) >= 11 is 0. The minimum Gasteiger partial charge on any atom is -0.354 e. The Morgan fingerprint density at radius 2 is 1.83 bits per heavy atom. The molecule has 3 atom stereocenters. The fraction of sp³-hybridized carbons (Fsp3) is 0.750. The Balaban J connectivity index is 1.28. The van der Waals surface area contributed by atoms with E-state index >= 15 is 0 Å². The highest BCUT2D eigenvalue weighted by atomic mass is 16.2. The number of carbonyl (C=O) groups excluding carboxylic acids is 2. The van der Waals surface area contributed by atoms with E-state index in [0.717, 1.165) is 45.4 Å². The number of rotatable bonds is 4. The quantitative estimate of drug-likeness (QED) is 0.778. The van der Waals surface area contributed by atoms with Crippen LogP contribution in [0.5, 0.6) is 0 Å². The predicted octanol–water partition coefficient (Wildman–Crippen LogP) is 3.69. The van der Waals surface area contributed by atoms with E-state index in [9.17, 15) is 9.59 Å². The Hall–Kier alpha value is -1.78. The standard InChI is InChI=1S/C24H35N3O2/c28-22-8-6-7-21-20-13-19(16-27(21)22)15-26(17-20)23(29)14-24(9-2-1-3-10-24)18-25-11-4-5-12-25/h4-5,11-12,19-21H,1-3,6-10,13-18H2/t19-,20-,21?/m0/s1. The number of hydrogen-bond acceptors (Lipinski definition) is 2. The maximum absolute atomic E-state index is 13.5. The molecule has 1 unspecified atom stereocenters. The molecule has 4 fully saturated rings. The van der Waals surface area contributed by atoms with Gasteiger partial charge in [0.05, 0.1) is 0 Å². The van der Waals surface area contributed by atoms with Crippen LogP contribution in [0.2, 0.25) is 0 Å². The van der Waals surface area contributed by atoms with Crippen molar-refractivity contribution in [3.63, 3.8) is 0 Å². The topological polar surface area (TPSA) is 45.6 Å². The van der Waals surface area contributed by atoms with Gasteiger partial charge in [-0.15, -0.1) is 0 Å². The van der Waals surface area contributed by atoms with E-state index in [0.29, 0.717) is 36.1 Å². The summed E-state index contributed by atoms with van der Waals surface area (Å²) in [7, 11) is 0. The molecule has 5 heteroatoms. The van der Waals surface area contributed by atoms with Crippen LogP contribution >= 0.6 is 0 Å². The van der Waals surface area contributed by atoms with E-state index in [1.807, 2.05) is 0 Å². The fourth-order valence-corrected chi connectivity index (χ4v) is 6.80. The molecule has 1 saturated carbocycles. The molecule has 3 saturated heterocycles. The monoisotopic (exact) mass is 397 g/mol. The van der Waals surface area contributed by atoms with Gasteiger partial charge in [-0.2, -0.15) is 0 Å². The second kappa shape index (κ2) is 7.81. The van der Waals surface area contributed by atoms with Gasteiger partial charge in [-0.1, -0.05) is 19.3 Å². The van der Waals surface area contributed by atoms with Crippen LogP contribution in [0.3, 0.4) is 0 Å². The molecular formula is C24H35N3O2. The van der Waals surface area contributed by atoms with Gasteiger partial charge in [0.25, 0.3) is 0 Å². The maximum Gasteiger partial charge on any atom is 0.223 e. The van der Waals surface area contributed by atoms with E-state index in [1.165, 1.54) is 38.5 Å². The van der Waals surface area contributed by atoms with Crippen molar-refractivity contribution >= 4 is 11.8 Å². The summed E-state index contributed by atoms with van der Waals surface area (Å²) < 4.78 is 2.27. The van der Waals surface area contributed by atoms with Gasteiger partial charge >= 0.3 is 0 Å². The first-order chi connectivity index (χ1) is 14.1. The van der Waals surface area contributed by atoms with Crippen LogP contribution in [0, 0.1) is 17.3 Å². The summed E-state index contributed by atoms with van der Waals surface area (Å²) in [6.07, 6.45) is 15.2. The molecule has 0 N–H and O–H groups in total. The van der Waals surface area contributed by atoms with Crippen LogP contribution in [0.1, 0.15) is 64.2 Å². The molecule has 0 aromatic carbocycles. The molecule has 1 aromatic heterocycles. The summed E-state index contributed by atoms with van der Waals surface area (Å²) in [5.41, 5.74) is 0.119. The van der Waals surface area contributed by atoms with Gasteiger partial charge in [-0.05, 0) is 61.5 Å². The van der Waals surface area contributed by atoms with Gasteiger partial charge < -0.3 is 14.4 Å². The zero-order chi connectivity index (χ0) is 19.8. The van der Waals surface area contributed by atoms with Crippen molar-refractivity contribution in [3.05, 3.63) is 24.5 Å². The first-order valence-corrected chi connectivity index (χ1v) is 11.8. The third-order valence-electron chi connectivity index (χ3n) is 8.16.